The average molecular weight is 602 g/mol. The Morgan fingerprint density at radius 3 is 2.39 bits per heavy atom. The number of carbonyl (C=O) groups excluding carboxylic acids is 2. The van der Waals surface area contributed by atoms with Gasteiger partial charge < -0.3 is 14.7 Å². The quantitative estimate of drug-likeness (QED) is 0.290. The molecule has 1 aliphatic carbocycles. The number of amides is 1. The molecule has 1 amide bonds. The number of ketones is 1. The first kappa shape index (κ1) is 31.0. The third-order valence-electron chi connectivity index (χ3n) is 8.13. The Morgan fingerprint density at radius 1 is 1.20 bits per heavy atom. The van der Waals surface area contributed by atoms with Crippen LogP contribution in [0.2, 0.25) is 5.02 Å². The van der Waals surface area contributed by atoms with Crippen molar-refractivity contribution in [2.45, 2.75) is 77.1 Å². The minimum atomic E-state index is -4.98. The lowest BCUT2D eigenvalue weighted by Gasteiger charge is -2.35. The third kappa shape index (κ3) is 6.43. The van der Waals surface area contributed by atoms with Gasteiger partial charge >= 0.3 is 12.1 Å². The molecule has 1 aliphatic heterocycles. The molecule has 1 saturated carbocycles. The van der Waals surface area contributed by atoms with Crippen molar-refractivity contribution in [2.24, 2.45) is 5.41 Å². The van der Waals surface area contributed by atoms with E-state index in [0.717, 1.165) is 21.8 Å². The van der Waals surface area contributed by atoms with Crippen LogP contribution in [0.3, 0.4) is 0 Å². The summed E-state index contributed by atoms with van der Waals surface area (Å²) in [5, 5.41) is 13.3. The van der Waals surface area contributed by atoms with Gasteiger partial charge in [-0.15, -0.1) is 0 Å². The van der Waals surface area contributed by atoms with Gasteiger partial charge in [0, 0.05) is 6.61 Å². The second-order valence-electron chi connectivity index (χ2n) is 11.5. The highest BCUT2D eigenvalue weighted by Crippen LogP contribution is 2.43. The van der Waals surface area contributed by atoms with E-state index in [2.05, 4.69) is 5.10 Å². The summed E-state index contributed by atoms with van der Waals surface area (Å²) in [4.78, 5) is 39.5. The van der Waals surface area contributed by atoms with Crippen LogP contribution in [0.5, 0.6) is 0 Å². The highest BCUT2D eigenvalue weighted by atomic mass is 35.5. The van der Waals surface area contributed by atoms with Crippen LogP contribution in [0.15, 0.2) is 18.3 Å². The molecule has 1 saturated heterocycles. The first-order chi connectivity index (χ1) is 19.0. The highest BCUT2D eigenvalue weighted by Gasteiger charge is 2.46. The number of aryl methyl sites for hydroxylation is 1. The smallest absolute Gasteiger partial charge is 0.433 e. The molecule has 0 unspecified atom stereocenters. The predicted octanol–water partition coefficient (Wildman–Crippen LogP) is 6.10. The number of Topliss-reactive ketones (excluding diaryl/α,β-unsaturated/α-hetero) is 1. The lowest BCUT2D eigenvalue weighted by molar-refractivity contribution is -0.152. The Labute approximate surface area is 239 Å². The lowest BCUT2D eigenvalue weighted by atomic mass is 9.74. The summed E-state index contributed by atoms with van der Waals surface area (Å²) in [6, 6.07) is 1.72. The maximum absolute atomic E-state index is 14.7. The molecular weight excluding hydrogens is 570 g/mol. The van der Waals surface area contributed by atoms with Crippen LogP contribution in [-0.2, 0) is 15.7 Å². The lowest BCUT2D eigenvalue weighted by Crippen LogP contribution is -2.46. The van der Waals surface area contributed by atoms with Crippen molar-refractivity contribution in [1.82, 2.24) is 14.7 Å². The molecule has 1 N–H and O–H groups in total. The number of rotatable bonds is 8. The molecule has 224 valence electrons. The maximum Gasteiger partial charge on any atom is 0.433 e. The number of hydrogen-bond acceptors (Lipinski definition) is 5. The molecule has 1 aromatic carbocycles. The van der Waals surface area contributed by atoms with E-state index in [-0.39, 0.29) is 37.3 Å². The van der Waals surface area contributed by atoms with Crippen LogP contribution >= 0.6 is 11.6 Å². The zero-order valence-electron chi connectivity index (χ0n) is 23.0. The monoisotopic (exact) mass is 601 g/mol. The topological polar surface area (TPSA) is 102 Å². The average Bonchev–Trinajstić information content (AvgIpc) is 3.50. The second kappa shape index (κ2) is 11.4. The number of nitrogens with zero attached hydrogens (tertiary/aromatic N) is 3. The number of carboxylic acid groups (broad SMARTS) is 1. The van der Waals surface area contributed by atoms with Gasteiger partial charge in [0.15, 0.2) is 11.5 Å². The number of hydrogen-bond donors (Lipinski definition) is 1. The van der Waals surface area contributed by atoms with E-state index in [1.807, 2.05) is 0 Å². The molecule has 4 rings (SSSR count). The van der Waals surface area contributed by atoms with E-state index < -0.39 is 70.1 Å². The number of aromatic nitrogens is 2. The Bertz CT molecular complexity index is 1320. The maximum atomic E-state index is 14.7. The van der Waals surface area contributed by atoms with Crippen LogP contribution in [0.4, 0.5) is 17.6 Å². The highest BCUT2D eigenvalue weighted by molar-refractivity contribution is 6.34. The molecular formula is C28H32ClF4N3O5. The predicted molar refractivity (Wildman–Crippen MR) is 140 cm³/mol. The minimum absolute atomic E-state index is 0.125. The van der Waals surface area contributed by atoms with Gasteiger partial charge in [0.2, 0.25) is 0 Å². The SMILES string of the molecule is Cc1cc(F)c(C(=O)CN(C[C@@]2(C)CCCO2)C(=O)c2cnn([C@H]3CC[C@](C)(C(=O)O)CC3)c2C(F)(F)F)c(Cl)c1. The van der Waals surface area contributed by atoms with Gasteiger partial charge in [-0.05, 0) is 77.0 Å². The fourth-order valence-corrected chi connectivity index (χ4v) is 6.10. The number of halogens is 5. The van der Waals surface area contributed by atoms with Crippen LogP contribution in [0.25, 0.3) is 0 Å². The molecule has 8 nitrogen and oxygen atoms in total. The van der Waals surface area contributed by atoms with Gasteiger partial charge in [-0.2, -0.15) is 18.3 Å². The summed E-state index contributed by atoms with van der Waals surface area (Å²) in [7, 11) is 0. The summed E-state index contributed by atoms with van der Waals surface area (Å²) in [6.07, 6.45) is -2.45. The van der Waals surface area contributed by atoms with E-state index in [1.54, 1.807) is 20.8 Å². The molecule has 2 fully saturated rings. The van der Waals surface area contributed by atoms with E-state index in [9.17, 15) is 37.1 Å². The first-order valence-electron chi connectivity index (χ1n) is 13.3. The van der Waals surface area contributed by atoms with Gasteiger partial charge in [-0.1, -0.05) is 11.6 Å². The van der Waals surface area contributed by atoms with Crippen molar-refractivity contribution in [1.29, 1.82) is 0 Å². The Morgan fingerprint density at radius 2 is 1.85 bits per heavy atom. The van der Waals surface area contributed by atoms with Crippen LogP contribution in [0.1, 0.15) is 90.4 Å². The molecule has 0 bridgehead atoms. The van der Waals surface area contributed by atoms with E-state index in [1.165, 1.54) is 6.07 Å². The van der Waals surface area contributed by atoms with Crippen molar-refractivity contribution in [3.8, 4) is 0 Å². The largest absolute Gasteiger partial charge is 0.481 e. The summed E-state index contributed by atoms with van der Waals surface area (Å²) in [5.41, 5.74) is -4.00. The Balaban J connectivity index is 1.69. The minimum Gasteiger partial charge on any atom is -0.481 e. The molecule has 1 aromatic heterocycles. The van der Waals surface area contributed by atoms with E-state index in [4.69, 9.17) is 16.3 Å². The van der Waals surface area contributed by atoms with Crippen molar-refractivity contribution < 1.29 is 41.8 Å². The van der Waals surface area contributed by atoms with Gasteiger partial charge in [0.25, 0.3) is 5.91 Å². The van der Waals surface area contributed by atoms with Crippen molar-refractivity contribution in [2.75, 3.05) is 19.7 Å². The molecule has 2 heterocycles. The Kier molecular flexibility index (Phi) is 8.57. The van der Waals surface area contributed by atoms with Gasteiger partial charge in [0.05, 0.1) is 52.5 Å². The zero-order chi connectivity index (χ0) is 30.3. The van der Waals surface area contributed by atoms with Crippen LogP contribution in [-0.4, -0.2) is 62.7 Å². The van der Waals surface area contributed by atoms with Crippen LogP contribution < -0.4 is 0 Å². The number of carbonyl (C=O) groups is 3. The third-order valence-corrected chi connectivity index (χ3v) is 8.43. The summed E-state index contributed by atoms with van der Waals surface area (Å²) >= 11 is 6.13. The standard InChI is InChI=1S/C28H32ClF4N3O5/c1-16-11-19(29)22(20(30)12-16)21(37)14-35(15-27(3)7-4-10-41-27)24(38)18-13-34-36(23(18)28(31,32)33)17-5-8-26(2,9-6-17)25(39)40/h11-13,17H,4-10,14-15H2,1-3H3,(H,39,40)/t17-,26-,27-/m1/s1. The van der Waals surface area contributed by atoms with Crippen molar-refractivity contribution in [3.63, 3.8) is 0 Å². The summed E-state index contributed by atoms with van der Waals surface area (Å²) in [6.45, 7) is 4.26. The Hall–Kier alpha value is -2.99. The molecule has 0 spiro atoms. The van der Waals surface area contributed by atoms with Crippen molar-refractivity contribution in [3.05, 3.63) is 51.6 Å². The molecule has 41 heavy (non-hydrogen) atoms. The normalized spacial score (nSPS) is 24.8. The zero-order valence-corrected chi connectivity index (χ0v) is 23.7. The van der Waals surface area contributed by atoms with Crippen LogP contribution in [0, 0.1) is 18.2 Å². The van der Waals surface area contributed by atoms with Crippen molar-refractivity contribution >= 4 is 29.3 Å². The molecule has 2 aromatic rings. The van der Waals surface area contributed by atoms with Gasteiger partial charge in [0.1, 0.15) is 5.82 Å². The number of ether oxygens (including phenoxy) is 1. The molecule has 13 heteroatoms. The van der Waals surface area contributed by atoms with Gasteiger partial charge in [-0.3, -0.25) is 19.1 Å². The summed E-state index contributed by atoms with van der Waals surface area (Å²) in [5.74, 6) is -3.89. The number of aliphatic carboxylic acids is 1. The van der Waals surface area contributed by atoms with E-state index in [0.29, 0.717) is 25.0 Å². The fraction of sp³-hybridized carbons (Fsp3) is 0.571. The summed E-state index contributed by atoms with van der Waals surface area (Å²) < 4.78 is 64.6. The molecule has 0 radical (unpaired) electrons. The van der Waals surface area contributed by atoms with E-state index >= 15 is 0 Å². The van der Waals surface area contributed by atoms with Gasteiger partial charge in [-0.25, -0.2) is 4.39 Å². The second-order valence-corrected chi connectivity index (χ2v) is 11.9. The molecule has 2 aliphatic rings. The molecule has 1 atom stereocenters. The first-order valence-corrected chi connectivity index (χ1v) is 13.7. The number of benzene rings is 1. The fourth-order valence-electron chi connectivity index (χ4n) is 5.73. The number of carboxylic acids is 1. The number of alkyl halides is 3.